The average Bonchev–Trinajstić information content (AvgIpc) is 2.79. The smallest absolute Gasteiger partial charge is 0.317 e. The molecule has 25 heavy (non-hydrogen) atoms. The van der Waals surface area contributed by atoms with E-state index in [1.54, 1.807) is 0 Å². The second-order valence-corrected chi connectivity index (χ2v) is 7.68. The summed E-state index contributed by atoms with van der Waals surface area (Å²) >= 11 is 6.13. The molecule has 2 saturated heterocycles. The molecule has 2 fully saturated rings. The third kappa shape index (κ3) is 4.27. The fraction of sp³-hybridized carbons (Fsp3) is 0.579. The number of piperidine rings is 1. The summed E-state index contributed by atoms with van der Waals surface area (Å²) in [4.78, 5) is 25.9. The van der Waals surface area contributed by atoms with Gasteiger partial charge in [-0.3, -0.25) is 4.79 Å². The third-order valence-electron chi connectivity index (χ3n) is 5.78. The maximum atomic E-state index is 12.5. The van der Waals surface area contributed by atoms with Crippen LogP contribution in [0, 0.1) is 12.3 Å². The number of likely N-dealkylation sites (tertiary alicyclic amines) is 1. The van der Waals surface area contributed by atoms with Gasteiger partial charge in [-0.2, -0.15) is 0 Å². The Morgan fingerprint density at radius 3 is 2.80 bits per heavy atom. The monoisotopic (exact) mass is 363 g/mol. The molecule has 0 atom stereocenters. The first-order valence-electron chi connectivity index (χ1n) is 9.03. The summed E-state index contributed by atoms with van der Waals surface area (Å²) in [6.07, 6.45) is 4.53. The molecule has 6 heteroatoms. The zero-order chi connectivity index (χ0) is 17.9. The Morgan fingerprint density at radius 2 is 2.04 bits per heavy atom. The molecule has 0 aromatic heterocycles. The van der Waals surface area contributed by atoms with Crippen LogP contribution in [-0.4, -0.2) is 36.5 Å². The van der Waals surface area contributed by atoms with Crippen molar-refractivity contribution in [3.8, 4) is 0 Å². The summed E-state index contributed by atoms with van der Waals surface area (Å²) in [6.45, 7) is 4.74. The van der Waals surface area contributed by atoms with Gasteiger partial charge in [-0.15, -0.1) is 0 Å². The topological polar surface area (TPSA) is 61.4 Å². The lowest BCUT2D eigenvalue weighted by Crippen LogP contribution is -2.47. The minimum atomic E-state index is -0.0166. The van der Waals surface area contributed by atoms with Crippen molar-refractivity contribution in [2.45, 2.75) is 45.6 Å². The zero-order valence-corrected chi connectivity index (χ0v) is 15.5. The number of carbonyl (C=O) groups is 2. The first-order valence-corrected chi connectivity index (χ1v) is 9.40. The van der Waals surface area contributed by atoms with Crippen molar-refractivity contribution in [1.82, 2.24) is 15.5 Å². The van der Waals surface area contributed by atoms with Gasteiger partial charge < -0.3 is 15.5 Å². The van der Waals surface area contributed by atoms with E-state index in [1.165, 1.54) is 0 Å². The lowest BCUT2D eigenvalue weighted by atomic mass is 9.73. The van der Waals surface area contributed by atoms with E-state index in [9.17, 15) is 9.59 Å². The lowest BCUT2D eigenvalue weighted by Gasteiger charge is -2.41. The minimum absolute atomic E-state index is 0.0166. The molecule has 2 N–H and O–H groups in total. The molecular weight excluding hydrogens is 338 g/mol. The molecule has 5 nitrogen and oxygen atoms in total. The van der Waals surface area contributed by atoms with Crippen LogP contribution in [0.2, 0.25) is 5.02 Å². The summed E-state index contributed by atoms with van der Waals surface area (Å²) < 4.78 is 0. The Labute approximate surface area is 154 Å². The fourth-order valence-electron chi connectivity index (χ4n) is 3.87. The van der Waals surface area contributed by atoms with Crippen LogP contribution in [0.15, 0.2) is 18.2 Å². The Hall–Kier alpha value is -1.75. The van der Waals surface area contributed by atoms with Crippen molar-refractivity contribution in [1.29, 1.82) is 0 Å². The molecule has 2 aliphatic rings. The van der Waals surface area contributed by atoms with E-state index in [-0.39, 0.29) is 17.4 Å². The molecule has 1 spiro atoms. The predicted octanol–water partition coefficient (Wildman–Crippen LogP) is 3.24. The van der Waals surface area contributed by atoms with Crippen molar-refractivity contribution in [3.63, 3.8) is 0 Å². The highest BCUT2D eigenvalue weighted by Gasteiger charge is 2.37. The zero-order valence-electron chi connectivity index (χ0n) is 14.7. The Bertz CT molecular complexity index is 654. The molecule has 1 aromatic rings. The Morgan fingerprint density at radius 1 is 1.28 bits per heavy atom. The molecule has 3 amide bonds. The van der Waals surface area contributed by atoms with E-state index >= 15 is 0 Å². The molecule has 0 unspecified atom stereocenters. The van der Waals surface area contributed by atoms with Crippen LogP contribution in [-0.2, 0) is 11.3 Å². The molecule has 0 radical (unpaired) electrons. The molecule has 0 saturated carbocycles. The molecule has 136 valence electrons. The quantitative estimate of drug-likeness (QED) is 0.847. The minimum Gasteiger partial charge on any atom is -0.356 e. The van der Waals surface area contributed by atoms with Crippen LogP contribution >= 0.6 is 11.6 Å². The summed E-state index contributed by atoms with van der Waals surface area (Å²) in [7, 11) is 0. The van der Waals surface area contributed by atoms with Gasteiger partial charge in [-0.25, -0.2) is 4.79 Å². The normalized spacial score (nSPS) is 20.1. The number of nitrogens with one attached hydrogen (secondary N) is 2. The van der Waals surface area contributed by atoms with Gasteiger partial charge in [-0.1, -0.05) is 23.7 Å². The Kier molecular flexibility index (Phi) is 5.52. The summed E-state index contributed by atoms with van der Waals surface area (Å²) in [5, 5.41) is 6.69. The van der Waals surface area contributed by atoms with E-state index in [2.05, 4.69) is 10.6 Å². The van der Waals surface area contributed by atoms with Crippen molar-refractivity contribution in [2.75, 3.05) is 19.6 Å². The van der Waals surface area contributed by atoms with Crippen molar-refractivity contribution < 1.29 is 9.59 Å². The van der Waals surface area contributed by atoms with Crippen LogP contribution < -0.4 is 10.6 Å². The van der Waals surface area contributed by atoms with E-state index in [4.69, 9.17) is 11.6 Å². The Balaban J connectivity index is 1.51. The molecule has 0 bridgehead atoms. The maximum absolute atomic E-state index is 12.5. The summed E-state index contributed by atoms with van der Waals surface area (Å²) in [6, 6.07) is 5.74. The number of nitrogens with zero attached hydrogens (tertiary/aromatic N) is 1. The van der Waals surface area contributed by atoms with Gasteiger partial charge in [0.15, 0.2) is 0 Å². The van der Waals surface area contributed by atoms with E-state index in [0.29, 0.717) is 13.0 Å². The second kappa shape index (κ2) is 7.65. The summed E-state index contributed by atoms with van der Waals surface area (Å²) in [5.41, 5.74) is 2.28. The van der Waals surface area contributed by atoms with Gasteiger partial charge in [-0.05, 0) is 55.2 Å². The van der Waals surface area contributed by atoms with Gasteiger partial charge in [0.1, 0.15) is 0 Å². The highest BCUT2D eigenvalue weighted by molar-refractivity contribution is 6.31. The van der Waals surface area contributed by atoms with Crippen molar-refractivity contribution in [3.05, 3.63) is 34.3 Å². The maximum Gasteiger partial charge on any atom is 0.317 e. The standard InChI is InChI=1S/C19H26ClN3O2/c1-14-15(3-2-4-16(14)20)13-22-18(25)23-11-8-19(9-12-23)6-5-17(24)21-10-7-19/h2-4H,5-13H2,1H3,(H,21,24)(H,22,25). The molecule has 3 rings (SSSR count). The SMILES string of the molecule is Cc1c(Cl)cccc1CNC(=O)N1CCC2(CCNC(=O)CC2)CC1. The van der Waals surface area contributed by atoms with Crippen LogP contribution in [0.3, 0.4) is 0 Å². The van der Waals surface area contributed by atoms with Gasteiger partial charge in [0.2, 0.25) is 5.91 Å². The molecule has 1 aromatic carbocycles. The van der Waals surface area contributed by atoms with Crippen molar-refractivity contribution in [2.24, 2.45) is 5.41 Å². The van der Waals surface area contributed by atoms with Gasteiger partial charge >= 0.3 is 6.03 Å². The second-order valence-electron chi connectivity index (χ2n) is 7.27. The summed E-state index contributed by atoms with van der Waals surface area (Å²) in [5.74, 6) is 0.161. The lowest BCUT2D eigenvalue weighted by molar-refractivity contribution is -0.121. The third-order valence-corrected chi connectivity index (χ3v) is 6.19. The molecule has 2 heterocycles. The number of benzene rings is 1. The number of urea groups is 1. The number of hydrogen-bond donors (Lipinski definition) is 2. The largest absolute Gasteiger partial charge is 0.356 e. The van der Waals surface area contributed by atoms with Crippen LogP contribution in [0.5, 0.6) is 0 Å². The average molecular weight is 364 g/mol. The van der Waals surface area contributed by atoms with E-state index in [1.807, 2.05) is 30.0 Å². The first-order chi connectivity index (χ1) is 12.0. The highest BCUT2D eigenvalue weighted by Crippen LogP contribution is 2.40. The van der Waals surface area contributed by atoms with Crippen molar-refractivity contribution >= 4 is 23.5 Å². The van der Waals surface area contributed by atoms with E-state index in [0.717, 1.165) is 61.5 Å². The molecule has 0 aliphatic carbocycles. The fourth-order valence-corrected chi connectivity index (χ4v) is 4.06. The predicted molar refractivity (Wildman–Crippen MR) is 98.5 cm³/mol. The van der Waals surface area contributed by atoms with Gasteiger partial charge in [0.25, 0.3) is 0 Å². The van der Waals surface area contributed by atoms with Crippen LogP contribution in [0.25, 0.3) is 0 Å². The molecule has 2 aliphatic heterocycles. The number of amides is 3. The first kappa shape index (κ1) is 18.1. The van der Waals surface area contributed by atoms with Crippen LogP contribution in [0.1, 0.15) is 43.2 Å². The van der Waals surface area contributed by atoms with E-state index < -0.39 is 0 Å². The highest BCUT2D eigenvalue weighted by atomic mass is 35.5. The van der Waals surface area contributed by atoms with Crippen LogP contribution in [0.4, 0.5) is 4.79 Å². The number of rotatable bonds is 2. The van der Waals surface area contributed by atoms with Gasteiger partial charge in [0, 0.05) is 37.6 Å². The molecular formula is C19H26ClN3O2. The number of hydrogen-bond acceptors (Lipinski definition) is 2. The number of carbonyl (C=O) groups excluding carboxylic acids is 2. The van der Waals surface area contributed by atoms with Gasteiger partial charge in [0.05, 0.1) is 0 Å². The number of halogens is 1.